The van der Waals surface area contributed by atoms with Crippen molar-refractivity contribution in [2.45, 2.75) is 13.0 Å². The van der Waals surface area contributed by atoms with Crippen molar-refractivity contribution >= 4 is 10.8 Å². The molecule has 1 heterocycles. The first-order valence-electron chi connectivity index (χ1n) is 5.59. The molecule has 0 aromatic heterocycles. The van der Waals surface area contributed by atoms with Crippen molar-refractivity contribution in [1.29, 1.82) is 0 Å². The molecule has 1 N–H and O–H groups in total. The van der Waals surface area contributed by atoms with Gasteiger partial charge in [-0.1, -0.05) is 6.92 Å². The Morgan fingerprint density at radius 1 is 1.24 bits per heavy atom. The van der Waals surface area contributed by atoms with Crippen LogP contribution in [0.25, 0.3) is 0 Å². The molecule has 1 aliphatic heterocycles. The van der Waals surface area contributed by atoms with Crippen LogP contribution in [-0.4, -0.2) is 22.3 Å². The van der Waals surface area contributed by atoms with Gasteiger partial charge in [0.05, 0.1) is 0 Å². The number of nitrogens with one attached hydrogen (secondary N) is 1. The van der Waals surface area contributed by atoms with E-state index in [0.29, 0.717) is 29.5 Å². The first-order chi connectivity index (χ1) is 8.04. The van der Waals surface area contributed by atoms with Crippen molar-refractivity contribution in [3.63, 3.8) is 0 Å². The predicted octanol–water partition coefficient (Wildman–Crippen LogP) is 1.99. The third kappa shape index (κ3) is 3.33. The Hall–Kier alpha value is -0.810. The largest absolute Gasteiger partial charge is 0.309 e. The molecule has 3 atom stereocenters. The van der Waals surface area contributed by atoms with Crippen LogP contribution in [0.15, 0.2) is 18.2 Å². The maximum atomic E-state index is 13.1. The van der Waals surface area contributed by atoms with Crippen LogP contribution in [-0.2, 0) is 10.8 Å². The average molecular weight is 259 g/mol. The van der Waals surface area contributed by atoms with Gasteiger partial charge in [0.2, 0.25) is 0 Å². The summed E-state index contributed by atoms with van der Waals surface area (Å²) < 4.78 is 38.0. The number of rotatable bonds is 1. The van der Waals surface area contributed by atoms with E-state index >= 15 is 0 Å². The zero-order chi connectivity index (χ0) is 12.4. The lowest BCUT2D eigenvalue weighted by Crippen LogP contribution is -2.26. The van der Waals surface area contributed by atoms with Gasteiger partial charge in [0.25, 0.3) is 0 Å². The zero-order valence-corrected chi connectivity index (χ0v) is 10.4. The van der Waals surface area contributed by atoms with E-state index in [4.69, 9.17) is 0 Å². The van der Waals surface area contributed by atoms with Gasteiger partial charge in [0, 0.05) is 34.4 Å². The number of benzene rings is 1. The standard InChI is InChI=1S/C12H15F2NOS/c1-8-5-15-12(7-17(16)6-8)9-2-10(13)4-11(14)3-9/h2-4,8,12,15H,5-7H2,1H3. The van der Waals surface area contributed by atoms with E-state index in [9.17, 15) is 13.0 Å². The molecule has 2 nitrogen and oxygen atoms in total. The van der Waals surface area contributed by atoms with Gasteiger partial charge in [-0.25, -0.2) is 8.78 Å². The van der Waals surface area contributed by atoms with E-state index in [-0.39, 0.29) is 6.04 Å². The highest BCUT2D eigenvalue weighted by atomic mass is 32.2. The van der Waals surface area contributed by atoms with Crippen molar-refractivity contribution in [2.75, 3.05) is 18.1 Å². The fraction of sp³-hybridized carbons (Fsp3) is 0.500. The van der Waals surface area contributed by atoms with Crippen molar-refractivity contribution in [3.8, 4) is 0 Å². The predicted molar refractivity (Wildman–Crippen MR) is 64.1 cm³/mol. The maximum absolute atomic E-state index is 13.1. The quantitative estimate of drug-likeness (QED) is 0.835. The Morgan fingerprint density at radius 3 is 2.53 bits per heavy atom. The third-order valence-corrected chi connectivity index (χ3v) is 4.47. The second-order valence-corrected chi connectivity index (χ2v) is 6.09. The van der Waals surface area contributed by atoms with Crippen molar-refractivity contribution in [2.24, 2.45) is 5.92 Å². The molecule has 2 rings (SSSR count). The maximum Gasteiger partial charge on any atom is 0.126 e. The summed E-state index contributed by atoms with van der Waals surface area (Å²) in [5.41, 5.74) is 0.532. The van der Waals surface area contributed by atoms with Gasteiger partial charge in [0.1, 0.15) is 11.6 Å². The molecule has 0 amide bonds. The Labute approximate surface area is 102 Å². The van der Waals surface area contributed by atoms with Gasteiger partial charge >= 0.3 is 0 Å². The highest BCUT2D eigenvalue weighted by molar-refractivity contribution is 7.85. The van der Waals surface area contributed by atoms with Crippen LogP contribution in [0.4, 0.5) is 8.78 Å². The molecule has 0 aliphatic carbocycles. The molecule has 17 heavy (non-hydrogen) atoms. The van der Waals surface area contributed by atoms with Crippen LogP contribution >= 0.6 is 0 Å². The zero-order valence-electron chi connectivity index (χ0n) is 9.58. The summed E-state index contributed by atoms with van der Waals surface area (Å²) in [4.78, 5) is 0. The third-order valence-electron chi connectivity index (χ3n) is 2.82. The minimum atomic E-state index is -0.939. The molecule has 1 aromatic rings. The van der Waals surface area contributed by atoms with E-state index in [1.54, 1.807) is 0 Å². The molecule has 0 bridgehead atoms. The first kappa shape index (κ1) is 12.6. The van der Waals surface area contributed by atoms with Gasteiger partial charge < -0.3 is 5.32 Å². The summed E-state index contributed by atoms with van der Waals surface area (Å²) in [6, 6.07) is 3.22. The molecule has 1 aromatic carbocycles. The molecule has 5 heteroatoms. The molecule has 0 saturated carbocycles. The lowest BCUT2D eigenvalue weighted by Gasteiger charge is -2.16. The lowest BCUT2D eigenvalue weighted by molar-refractivity contribution is 0.509. The topological polar surface area (TPSA) is 29.1 Å². The highest BCUT2D eigenvalue weighted by Gasteiger charge is 2.22. The summed E-state index contributed by atoms with van der Waals surface area (Å²) in [5, 5.41) is 3.21. The Morgan fingerprint density at radius 2 is 1.88 bits per heavy atom. The van der Waals surface area contributed by atoms with Gasteiger partial charge in [-0.15, -0.1) is 0 Å². The molecule has 0 spiro atoms. The van der Waals surface area contributed by atoms with E-state index in [1.165, 1.54) is 12.1 Å². The van der Waals surface area contributed by atoms with Gasteiger partial charge in [-0.2, -0.15) is 0 Å². The normalized spacial score (nSPS) is 29.9. The molecule has 0 radical (unpaired) electrons. The number of halogens is 2. The minimum Gasteiger partial charge on any atom is -0.309 e. The first-order valence-corrected chi connectivity index (χ1v) is 7.08. The van der Waals surface area contributed by atoms with Gasteiger partial charge in [-0.05, 0) is 30.2 Å². The fourth-order valence-corrected chi connectivity index (χ4v) is 3.59. The van der Waals surface area contributed by atoms with Crippen LogP contribution in [0.2, 0.25) is 0 Å². The molecule has 1 fully saturated rings. The van der Waals surface area contributed by atoms with E-state index in [1.807, 2.05) is 6.92 Å². The summed E-state index contributed by atoms with van der Waals surface area (Å²) in [6.07, 6.45) is 0. The Balaban J connectivity index is 2.23. The molecule has 1 aliphatic rings. The SMILES string of the molecule is CC1CNC(c2cc(F)cc(F)c2)CS(=O)C1. The van der Waals surface area contributed by atoms with Gasteiger partial charge in [-0.3, -0.25) is 4.21 Å². The average Bonchev–Trinajstić information content (AvgIpc) is 2.38. The van der Waals surface area contributed by atoms with Crippen LogP contribution in [0.3, 0.4) is 0 Å². The number of hydrogen-bond acceptors (Lipinski definition) is 2. The minimum absolute atomic E-state index is 0.231. The Kier molecular flexibility index (Phi) is 3.89. The second-order valence-electron chi connectivity index (χ2n) is 4.54. The van der Waals surface area contributed by atoms with Gasteiger partial charge in [0.15, 0.2) is 0 Å². The molecular formula is C12H15F2NOS. The Bertz CT molecular complexity index is 418. The van der Waals surface area contributed by atoms with Crippen molar-refractivity contribution in [1.82, 2.24) is 5.32 Å². The molecule has 94 valence electrons. The van der Waals surface area contributed by atoms with Crippen LogP contribution in [0.1, 0.15) is 18.5 Å². The monoisotopic (exact) mass is 259 g/mol. The summed E-state index contributed by atoms with van der Waals surface area (Å²) in [6.45, 7) is 2.73. The second kappa shape index (κ2) is 5.23. The van der Waals surface area contributed by atoms with Crippen molar-refractivity contribution in [3.05, 3.63) is 35.4 Å². The highest BCUT2D eigenvalue weighted by Crippen LogP contribution is 2.20. The van der Waals surface area contributed by atoms with Crippen LogP contribution in [0.5, 0.6) is 0 Å². The summed E-state index contributed by atoms with van der Waals surface area (Å²) in [7, 11) is -0.939. The lowest BCUT2D eigenvalue weighted by atomic mass is 10.1. The molecule has 3 unspecified atom stereocenters. The summed E-state index contributed by atoms with van der Waals surface area (Å²) in [5.74, 6) is 0.183. The van der Waals surface area contributed by atoms with Crippen molar-refractivity contribution < 1.29 is 13.0 Å². The van der Waals surface area contributed by atoms with Crippen LogP contribution in [0, 0.1) is 17.6 Å². The van der Waals surface area contributed by atoms with E-state index in [0.717, 1.165) is 6.07 Å². The fourth-order valence-electron chi connectivity index (χ4n) is 2.02. The molecular weight excluding hydrogens is 244 g/mol. The number of hydrogen-bond donors (Lipinski definition) is 1. The van der Waals surface area contributed by atoms with Crippen LogP contribution < -0.4 is 5.32 Å². The molecule has 1 saturated heterocycles. The van der Waals surface area contributed by atoms with E-state index in [2.05, 4.69) is 5.32 Å². The summed E-state index contributed by atoms with van der Waals surface area (Å²) >= 11 is 0. The van der Waals surface area contributed by atoms with E-state index < -0.39 is 22.4 Å². The smallest absolute Gasteiger partial charge is 0.126 e.